The standard InChI is InChI=1S/C14H15FN2O4S2/c1-10-3-8-13(15)14(9-10)17-23(20,21)12-6-4-11(5-7-12)22(18,19)16-2/h3-9,16-17H,1-2H3. The lowest BCUT2D eigenvalue weighted by Gasteiger charge is -2.10. The molecule has 2 N–H and O–H groups in total. The Bertz CT molecular complexity index is 924. The second-order valence-corrected chi connectivity index (χ2v) is 8.34. The van der Waals surface area contributed by atoms with E-state index in [2.05, 4.69) is 9.44 Å². The fourth-order valence-corrected chi connectivity index (χ4v) is 3.63. The molecule has 0 heterocycles. The van der Waals surface area contributed by atoms with Gasteiger partial charge in [0, 0.05) is 0 Å². The normalized spacial score (nSPS) is 12.1. The van der Waals surface area contributed by atoms with Crippen LogP contribution < -0.4 is 9.44 Å². The van der Waals surface area contributed by atoms with Gasteiger partial charge in [-0.15, -0.1) is 0 Å². The van der Waals surface area contributed by atoms with Crippen molar-refractivity contribution in [2.24, 2.45) is 0 Å². The molecule has 2 aromatic carbocycles. The Labute approximate surface area is 134 Å². The molecule has 0 amide bonds. The first-order valence-electron chi connectivity index (χ1n) is 6.48. The van der Waals surface area contributed by atoms with Crippen molar-refractivity contribution in [1.82, 2.24) is 4.72 Å². The molecule has 2 aromatic rings. The van der Waals surface area contributed by atoms with E-state index in [9.17, 15) is 21.2 Å². The maximum Gasteiger partial charge on any atom is 0.261 e. The number of hydrogen-bond donors (Lipinski definition) is 2. The van der Waals surface area contributed by atoms with Crippen molar-refractivity contribution < 1.29 is 21.2 Å². The van der Waals surface area contributed by atoms with Gasteiger partial charge in [-0.1, -0.05) is 6.07 Å². The van der Waals surface area contributed by atoms with Crippen LogP contribution in [0.3, 0.4) is 0 Å². The Morgan fingerprint density at radius 2 is 1.39 bits per heavy atom. The lowest BCUT2D eigenvalue weighted by Crippen LogP contribution is -2.19. The van der Waals surface area contributed by atoms with E-state index in [0.717, 1.165) is 30.3 Å². The molecule has 9 heteroatoms. The zero-order chi connectivity index (χ0) is 17.3. The van der Waals surface area contributed by atoms with Crippen molar-refractivity contribution in [3.63, 3.8) is 0 Å². The first kappa shape index (κ1) is 17.4. The molecule has 2 rings (SSSR count). The first-order chi connectivity index (χ1) is 10.7. The average Bonchev–Trinajstić information content (AvgIpc) is 2.51. The second kappa shape index (κ2) is 6.26. The predicted octanol–water partition coefficient (Wildman–Crippen LogP) is 1.84. The van der Waals surface area contributed by atoms with Crippen LogP contribution in [0.15, 0.2) is 52.3 Å². The van der Waals surface area contributed by atoms with Crippen molar-refractivity contribution in [3.05, 3.63) is 53.8 Å². The molecule has 0 saturated carbocycles. The minimum absolute atomic E-state index is 0.0688. The molecule has 0 bridgehead atoms. The van der Waals surface area contributed by atoms with Gasteiger partial charge < -0.3 is 0 Å². The van der Waals surface area contributed by atoms with E-state index < -0.39 is 25.9 Å². The molecule has 0 spiro atoms. The summed E-state index contributed by atoms with van der Waals surface area (Å²) < 4.78 is 65.7. The number of aryl methyl sites for hydroxylation is 1. The molecule has 0 unspecified atom stereocenters. The van der Waals surface area contributed by atoms with Gasteiger partial charge in [-0.05, 0) is 55.9 Å². The van der Waals surface area contributed by atoms with E-state index in [0.29, 0.717) is 5.56 Å². The summed E-state index contributed by atoms with van der Waals surface area (Å²) in [6.07, 6.45) is 0. The van der Waals surface area contributed by atoms with Crippen LogP contribution in [0.2, 0.25) is 0 Å². The molecule has 6 nitrogen and oxygen atoms in total. The Morgan fingerprint density at radius 3 is 1.91 bits per heavy atom. The molecule has 0 aromatic heterocycles. The summed E-state index contributed by atoms with van der Waals surface area (Å²) in [5.41, 5.74) is 0.525. The van der Waals surface area contributed by atoms with Crippen LogP contribution in [0.4, 0.5) is 10.1 Å². The van der Waals surface area contributed by atoms with Gasteiger partial charge in [0.25, 0.3) is 10.0 Å². The molecular formula is C14H15FN2O4S2. The van der Waals surface area contributed by atoms with Gasteiger partial charge in [-0.3, -0.25) is 4.72 Å². The van der Waals surface area contributed by atoms with Gasteiger partial charge in [-0.25, -0.2) is 25.9 Å². The molecule has 0 aliphatic heterocycles. The van der Waals surface area contributed by atoms with E-state index in [-0.39, 0.29) is 15.5 Å². The van der Waals surface area contributed by atoms with E-state index >= 15 is 0 Å². The van der Waals surface area contributed by atoms with Gasteiger partial charge in [0.15, 0.2) is 0 Å². The smallest absolute Gasteiger partial charge is 0.261 e. The van der Waals surface area contributed by atoms with E-state index in [4.69, 9.17) is 0 Å². The largest absolute Gasteiger partial charge is 0.277 e. The fraction of sp³-hybridized carbons (Fsp3) is 0.143. The third-order valence-electron chi connectivity index (χ3n) is 3.08. The number of sulfonamides is 2. The summed E-state index contributed by atoms with van der Waals surface area (Å²) >= 11 is 0. The quantitative estimate of drug-likeness (QED) is 0.853. The molecule has 0 saturated heterocycles. The molecular weight excluding hydrogens is 343 g/mol. The van der Waals surface area contributed by atoms with Crippen LogP contribution in [-0.2, 0) is 20.0 Å². The van der Waals surface area contributed by atoms with Crippen molar-refractivity contribution in [2.75, 3.05) is 11.8 Å². The number of nitrogens with one attached hydrogen (secondary N) is 2. The minimum atomic E-state index is -4.03. The van der Waals surface area contributed by atoms with Gasteiger partial charge in [0.1, 0.15) is 5.82 Å². The molecule has 0 aliphatic carbocycles. The Kier molecular flexibility index (Phi) is 4.73. The van der Waals surface area contributed by atoms with Crippen LogP contribution in [0.5, 0.6) is 0 Å². The number of benzene rings is 2. The minimum Gasteiger partial charge on any atom is -0.277 e. The Balaban J connectivity index is 2.35. The van der Waals surface area contributed by atoms with Gasteiger partial charge >= 0.3 is 0 Å². The van der Waals surface area contributed by atoms with E-state index in [1.807, 2.05) is 0 Å². The number of anilines is 1. The van der Waals surface area contributed by atoms with E-state index in [1.54, 1.807) is 6.92 Å². The summed E-state index contributed by atoms with van der Waals surface area (Å²) in [6.45, 7) is 1.70. The third-order valence-corrected chi connectivity index (χ3v) is 5.89. The summed E-state index contributed by atoms with van der Waals surface area (Å²) in [4.78, 5) is -0.242. The highest BCUT2D eigenvalue weighted by Crippen LogP contribution is 2.21. The van der Waals surface area contributed by atoms with Crippen molar-refractivity contribution in [2.45, 2.75) is 16.7 Å². The molecule has 0 aliphatic rings. The Hall–Kier alpha value is -1.97. The predicted molar refractivity (Wildman–Crippen MR) is 84.6 cm³/mol. The topological polar surface area (TPSA) is 92.3 Å². The third kappa shape index (κ3) is 3.87. The lowest BCUT2D eigenvalue weighted by atomic mass is 10.2. The number of hydrogen-bond acceptors (Lipinski definition) is 4. The number of rotatable bonds is 5. The molecule has 23 heavy (non-hydrogen) atoms. The van der Waals surface area contributed by atoms with Crippen LogP contribution in [0.1, 0.15) is 5.56 Å². The SMILES string of the molecule is CNS(=O)(=O)c1ccc(S(=O)(=O)Nc2cc(C)ccc2F)cc1. The maximum atomic E-state index is 13.7. The highest BCUT2D eigenvalue weighted by Gasteiger charge is 2.18. The first-order valence-corrected chi connectivity index (χ1v) is 9.45. The van der Waals surface area contributed by atoms with Crippen LogP contribution in [0.25, 0.3) is 0 Å². The van der Waals surface area contributed by atoms with Crippen LogP contribution >= 0.6 is 0 Å². The monoisotopic (exact) mass is 358 g/mol. The zero-order valence-electron chi connectivity index (χ0n) is 12.4. The van der Waals surface area contributed by atoms with Crippen molar-refractivity contribution >= 4 is 25.7 Å². The molecule has 0 fully saturated rings. The number of halogens is 1. The van der Waals surface area contributed by atoms with Gasteiger partial charge in [0.2, 0.25) is 10.0 Å². The maximum absolute atomic E-state index is 13.7. The van der Waals surface area contributed by atoms with Gasteiger partial charge in [-0.2, -0.15) is 0 Å². The summed E-state index contributed by atoms with van der Waals surface area (Å²) in [5.74, 6) is -0.700. The highest BCUT2D eigenvalue weighted by molar-refractivity contribution is 7.92. The molecule has 124 valence electrons. The fourth-order valence-electron chi connectivity index (χ4n) is 1.84. The van der Waals surface area contributed by atoms with Crippen LogP contribution in [0, 0.1) is 12.7 Å². The van der Waals surface area contributed by atoms with Crippen LogP contribution in [-0.4, -0.2) is 23.9 Å². The van der Waals surface area contributed by atoms with Gasteiger partial charge in [0.05, 0.1) is 15.5 Å². The van der Waals surface area contributed by atoms with Crippen molar-refractivity contribution in [1.29, 1.82) is 0 Å². The zero-order valence-corrected chi connectivity index (χ0v) is 14.0. The lowest BCUT2D eigenvalue weighted by molar-refractivity contribution is 0.587. The summed E-state index contributed by atoms with van der Waals surface area (Å²) in [6, 6.07) is 8.65. The highest BCUT2D eigenvalue weighted by atomic mass is 32.2. The summed E-state index contributed by atoms with van der Waals surface area (Å²) in [5, 5.41) is 0. The molecule has 0 radical (unpaired) electrons. The summed E-state index contributed by atoms with van der Waals surface area (Å²) in [7, 11) is -6.43. The average molecular weight is 358 g/mol. The van der Waals surface area contributed by atoms with E-state index in [1.165, 1.54) is 19.2 Å². The Morgan fingerprint density at radius 1 is 0.870 bits per heavy atom. The van der Waals surface area contributed by atoms with Crippen molar-refractivity contribution in [3.8, 4) is 0 Å². The second-order valence-electron chi connectivity index (χ2n) is 4.77. The molecule has 0 atom stereocenters.